The summed E-state index contributed by atoms with van der Waals surface area (Å²) >= 11 is 3.40. The lowest BCUT2D eigenvalue weighted by Gasteiger charge is -2.07. The van der Waals surface area contributed by atoms with Gasteiger partial charge in [-0.2, -0.15) is 13.2 Å². The fourth-order valence-electron chi connectivity index (χ4n) is 3.72. The summed E-state index contributed by atoms with van der Waals surface area (Å²) in [5.41, 5.74) is 3.61. The molecule has 0 aliphatic carbocycles. The Balaban J connectivity index is 1.60. The van der Waals surface area contributed by atoms with E-state index in [0.29, 0.717) is 33.1 Å². The molecule has 164 valence electrons. The lowest BCUT2D eigenvalue weighted by Crippen LogP contribution is -2.05. The number of aromatic nitrogens is 4. The molecule has 33 heavy (non-hydrogen) atoms. The summed E-state index contributed by atoms with van der Waals surface area (Å²) in [5, 5.41) is 0.963. The van der Waals surface area contributed by atoms with Gasteiger partial charge in [0, 0.05) is 23.6 Å². The van der Waals surface area contributed by atoms with Gasteiger partial charge in [-0.15, -0.1) is 0 Å². The molecule has 0 aliphatic heterocycles. The summed E-state index contributed by atoms with van der Waals surface area (Å²) in [7, 11) is 0. The molecular formula is C25H16BrF3N4. The highest BCUT2D eigenvalue weighted by atomic mass is 79.9. The second kappa shape index (κ2) is 8.44. The first-order chi connectivity index (χ1) is 15.9. The average molecular weight is 509 g/mol. The summed E-state index contributed by atoms with van der Waals surface area (Å²) in [6.45, 7) is 0. The van der Waals surface area contributed by atoms with Crippen molar-refractivity contribution in [3.05, 3.63) is 101 Å². The van der Waals surface area contributed by atoms with E-state index in [1.807, 2.05) is 48.5 Å². The Hall–Kier alpha value is -3.52. The zero-order valence-electron chi connectivity index (χ0n) is 17.1. The van der Waals surface area contributed by atoms with Gasteiger partial charge in [-0.05, 0) is 57.9 Å². The number of benzene rings is 2. The molecule has 1 N–H and O–H groups in total. The van der Waals surface area contributed by atoms with Crippen LogP contribution in [0.1, 0.15) is 17.0 Å². The van der Waals surface area contributed by atoms with E-state index in [2.05, 4.69) is 30.9 Å². The van der Waals surface area contributed by atoms with Crippen molar-refractivity contribution in [2.75, 3.05) is 0 Å². The van der Waals surface area contributed by atoms with E-state index in [-0.39, 0.29) is 6.42 Å². The molecule has 3 heterocycles. The topological polar surface area (TPSA) is 54.5 Å². The Kier molecular flexibility index (Phi) is 5.46. The smallest absolute Gasteiger partial charge is 0.340 e. The molecule has 2 aromatic carbocycles. The van der Waals surface area contributed by atoms with Crippen LogP contribution in [0.25, 0.3) is 33.5 Å². The molecule has 8 heteroatoms. The molecule has 0 saturated carbocycles. The largest absolute Gasteiger partial charge is 0.416 e. The van der Waals surface area contributed by atoms with Crippen LogP contribution in [0, 0.1) is 0 Å². The number of H-pyrrole nitrogens is 1. The molecular weight excluding hydrogens is 493 g/mol. The number of hydrogen-bond donors (Lipinski definition) is 1. The quantitative estimate of drug-likeness (QED) is 0.264. The fraction of sp³-hybridized carbons (Fsp3) is 0.0800. The molecule has 4 nitrogen and oxygen atoms in total. The van der Waals surface area contributed by atoms with Gasteiger partial charge in [0.25, 0.3) is 0 Å². The standard InChI is InChI=1S/C25H16BrF3N4/c26-21-8-2-7-20(31-21)24-23(17-9-10-19-16(14-17)5-3-11-30-19)32-22(33-24)13-15-4-1-6-18(12-15)25(27,28)29/h1-12,14H,13H2,(H,32,33). The number of aromatic amines is 1. The number of halogens is 4. The van der Waals surface area contributed by atoms with Crippen LogP contribution in [0.2, 0.25) is 0 Å². The first kappa shape index (κ1) is 21.3. The third-order valence-corrected chi connectivity index (χ3v) is 5.67. The van der Waals surface area contributed by atoms with E-state index in [9.17, 15) is 13.2 Å². The van der Waals surface area contributed by atoms with Gasteiger partial charge in [0.15, 0.2) is 0 Å². The normalized spacial score (nSPS) is 11.8. The first-order valence-corrected chi connectivity index (χ1v) is 10.9. The maximum Gasteiger partial charge on any atom is 0.416 e. The Bertz CT molecular complexity index is 1460. The van der Waals surface area contributed by atoms with Crippen molar-refractivity contribution in [1.82, 2.24) is 19.9 Å². The molecule has 0 bridgehead atoms. The van der Waals surface area contributed by atoms with E-state index in [0.717, 1.165) is 28.6 Å². The molecule has 0 aliphatic rings. The van der Waals surface area contributed by atoms with E-state index < -0.39 is 11.7 Å². The fourth-order valence-corrected chi connectivity index (χ4v) is 4.07. The van der Waals surface area contributed by atoms with Gasteiger partial charge in [0.2, 0.25) is 0 Å². The van der Waals surface area contributed by atoms with Crippen molar-refractivity contribution in [3.63, 3.8) is 0 Å². The summed E-state index contributed by atoms with van der Waals surface area (Å²) < 4.78 is 40.1. The van der Waals surface area contributed by atoms with Crippen LogP contribution in [0.15, 0.2) is 83.6 Å². The Morgan fingerprint density at radius 3 is 2.55 bits per heavy atom. The molecule has 0 atom stereocenters. The van der Waals surface area contributed by atoms with Crippen LogP contribution >= 0.6 is 15.9 Å². The average Bonchev–Trinajstić information content (AvgIpc) is 3.22. The van der Waals surface area contributed by atoms with Crippen LogP contribution < -0.4 is 0 Å². The third-order valence-electron chi connectivity index (χ3n) is 5.23. The summed E-state index contributed by atoms with van der Waals surface area (Å²) in [4.78, 5) is 17.0. The predicted molar refractivity (Wildman–Crippen MR) is 125 cm³/mol. The van der Waals surface area contributed by atoms with Crippen molar-refractivity contribution < 1.29 is 13.2 Å². The predicted octanol–water partition coefficient (Wildman–Crippen LogP) is 7.06. The number of imidazole rings is 1. The van der Waals surface area contributed by atoms with Crippen molar-refractivity contribution in [2.45, 2.75) is 12.6 Å². The SMILES string of the molecule is FC(F)(F)c1cccc(Cc2nc(-c3ccc4ncccc4c3)c(-c3cccc(Br)n3)[nH]2)c1. The monoisotopic (exact) mass is 508 g/mol. The summed E-state index contributed by atoms with van der Waals surface area (Å²) in [5.74, 6) is 0.549. The highest BCUT2D eigenvalue weighted by Crippen LogP contribution is 2.33. The number of nitrogens with one attached hydrogen (secondary N) is 1. The number of rotatable bonds is 4. The van der Waals surface area contributed by atoms with Crippen molar-refractivity contribution in [2.24, 2.45) is 0 Å². The second-order valence-corrected chi connectivity index (χ2v) is 8.35. The van der Waals surface area contributed by atoms with Crippen LogP contribution in [-0.4, -0.2) is 19.9 Å². The van der Waals surface area contributed by atoms with Gasteiger partial charge >= 0.3 is 6.18 Å². The number of fused-ring (bicyclic) bond motifs is 1. The zero-order chi connectivity index (χ0) is 23.0. The maximum absolute atomic E-state index is 13.1. The molecule has 3 aromatic heterocycles. The lowest BCUT2D eigenvalue weighted by atomic mass is 10.1. The van der Waals surface area contributed by atoms with Crippen LogP contribution in [0.4, 0.5) is 13.2 Å². The van der Waals surface area contributed by atoms with E-state index in [1.54, 1.807) is 12.3 Å². The number of pyridine rings is 2. The van der Waals surface area contributed by atoms with Crippen molar-refractivity contribution in [1.29, 1.82) is 0 Å². The Morgan fingerprint density at radius 1 is 0.879 bits per heavy atom. The minimum Gasteiger partial charge on any atom is -0.340 e. The molecule has 0 radical (unpaired) electrons. The highest BCUT2D eigenvalue weighted by Gasteiger charge is 2.30. The molecule has 0 unspecified atom stereocenters. The van der Waals surface area contributed by atoms with Gasteiger partial charge in [0.05, 0.1) is 28.2 Å². The Morgan fingerprint density at radius 2 is 1.73 bits per heavy atom. The van der Waals surface area contributed by atoms with Crippen molar-refractivity contribution >= 4 is 26.8 Å². The van der Waals surface area contributed by atoms with E-state index in [1.165, 1.54) is 6.07 Å². The van der Waals surface area contributed by atoms with E-state index >= 15 is 0 Å². The number of alkyl halides is 3. The van der Waals surface area contributed by atoms with Crippen LogP contribution in [0.5, 0.6) is 0 Å². The lowest BCUT2D eigenvalue weighted by molar-refractivity contribution is -0.137. The molecule has 0 saturated heterocycles. The van der Waals surface area contributed by atoms with Gasteiger partial charge in [0.1, 0.15) is 10.4 Å². The van der Waals surface area contributed by atoms with Crippen molar-refractivity contribution in [3.8, 4) is 22.6 Å². The molecule has 0 fully saturated rings. The summed E-state index contributed by atoms with van der Waals surface area (Å²) in [6.07, 6.45) is -2.44. The minimum atomic E-state index is -4.39. The third kappa shape index (κ3) is 4.52. The first-order valence-electron chi connectivity index (χ1n) is 10.1. The molecule has 0 amide bonds. The second-order valence-electron chi connectivity index (χ2n) is 7.54. The summed E-state index contributed by atoms with van der Waals surface area (Å²) in [6, 6.07) is 20.5. The maximum atomic E-state index is 13.1. The van der Waals surface area contributed by atoms with Gasteiger partial charge in [-0.1, -0.05) is 36.4 Å². The van der Waals surface area contributed by atoms with Gasteiger partial charge in [-0.3, -0.25) is 4.98 Å². The highest BCUT2D eigenvalue weighted by molar-refractivity contribution is 9.10. The van der Waals surface area contributed by atoms with Crippen LogP contribution in [0.3, 0.4) is 0 Å². The molecule has 5 aromatic rings. The van der Waals surface area contributed by atoms with E-state index in [4.69, 9.17) is 4.98 Å². The van der Waals surface area contributed by atoms with Crippen LogP contribution in [-0.2, 0) is 12.6 Å². The minimum absolute atomic E-state index is 0.222. The zero-order valence-corrected chi connectivity index (χ0v) is 18.7. The molecule has 5 rings (SSSR count). The number of nitrogens with zero attached hydrogens (tertiary/aromatic N) is 3. The molecule has 0 spiro atoms. The number of hydrogen-bond acceptors (Lipinski definition) is 3. The Labute approximate surface area is 195 Å². The van der Waals surface area contributed by atoms with Gasteiger partial charge in [-0.25, -0.2) is 9.97 Å². The van der Waals surface area contributed by atoms with Gasteiger partial charge < -0.3 is 4.98 Å².